The zero-order valence-electron chi connectivity index (χ0n) is 19.7. The summed E-state index contributed by atoms with van der Waals surface area (Å²) in [7, 11) is -1.35. The van der Waals surface area contributed by atoms with Gasteiger partial charge in [-0.3, -0.25) is 0 Å². The van der Waals surface area contributed by atoms with E-state index in [2.05, 4.69) is 51.5 Å². The Kier molecular flexibility index (Phi) is 9.76. The van der Waals surface area contributed by atoms with E-state index in [-0.39, 0.29) is 5.60 Å². The van der Waals surface area contributed by atoms with Crippen molar-refractivity contribution in [2.45, 2.75) is 116 Å². The molecule has 2 aliphatic rings. The highest BCUT2D eigenvalue weighted by molar-refractivity contribution is 6.76. The number of rotatable bonds is 12. The lowest BCUT2D eigenvalue weighted by Crippen LogP contribution is -2.50. The van der Waals surface area contributed by atoms with Crippen molar-refractivity contribution in [3.05, 3.63) is 12.7 Å². The van der Waals surface area contributed by atoms with Crippen LogP contribution in [0.4, 0.5) is 0 Å². The Morgan fingerprint density at radius 1 is 1.04 bits per heavy atom. The van der Waals surface area contributed by atoms with Crippen LogP contribution >= 0.6 is 0 Å². The monoisotopic (exact) mass is 407 g/mol. The van der Waals surface area contributed by atoms with Crippen LogP contribution in [0, 0.1) is 17.8 Å². The molecular formula is C25H49NOSi. The molecule has 2 nitrogen and oxygen atoms in total. The summed E-state index contributed by atoms with van der Waals surface area (Å²) >= 11 is 0. The summed E-state index contributed by atoms with van der Waals surface area (Å²) in [5.41, 5.74) is 1.01. The van der Waals surface area contributed by atoms with Crippen molar-refractivity contribution in [3.8, 4) is 0 Å². The van der Waals surface area contributed by atoms with Gasteiger partial charge in [0.05, 0.1) is 5.60 Å². The molecule has 0 amide bonds. The van der Waals surface area contributed by atoms with Gasteiger partial charge in [0.25, 0.3) is 0 Å². The van der Waals surface area contributed by atoms with Crippen LogP contribution in [-0.2, 0) is 4.74 Å². The van der Waals surface area contributed by atoms with E-state index in [1.165, 1.54) is 64.2 Å². The molecule has 0 radical (unpaired) electrons. The minimum Gasteiger partial charge on any atom is -0.376 e. The largest absolute Gasteiger partial charge is 0.376 e. The first kappa shape index (κ1) is 24.1. The van der Waals surface area contributed by atoms with Crippen LogP contribution in [0.15, 0.2) is 12.7 Å². The van der Waals surface area contributed by atoms with Gasteiger partial charge in [-0.2, -0.15) is 0 Å². The van der Waals surface area contributed by atoms with E-state index in [1.807, 2.05) is 0 Å². The zero-order valence-corrected chi connectivity index (χ0v) is 20.7. The molecule has 28 heavy (non-hydrogen) atoms. The average Bonchev–Trinajstić information content (AvgIpc) is 3.00. The second kappa shape index (κ2) is 11.3. The molecule has 1 N–H and O–H groups in total. The van der Waals surface area contributed by atoms with Crippen LogP contribution in [0.1, 0.15) is 91.4 Å². The number of fused-ring (bicyclic) bond motifs is 1. The van der Waals surface area contributed by atoms with Gasteiger partial charge in [0.1, 0.15) is 8.24 Å². The van der Waals surface area contributed by atoms with E-state index < -0.39 is 8.24 Å². The fourth-order valence-electron chi connectivity index (χ4n) is 5.98. The van der Waals surface area contributed by atoms with Crippen molar-refractivity contribution in [1.82, 2.24) is 4.98 Å². The number of hydrogen-bond donors (Lipinski definition) is 1. The predicted molar refractivity (Wildman–Crippen MR) is 126 cm³/mol. The molecule has 2 saturated carbocycles. The molecule has 0 bridgehead atoms. The summed E-state index contributed by atoms with van der Waals surface area (Å²) in [6.45, 7) is 17.6. The SMILES string of the molecule is C=CCCN[Si](C)(C)C1CC(CCCCCCOC(C)(C)C)C2CCCCC21. The maximum absolute atomic E-state index is 5.86. The molecule has 2 rings (SSSR count). The van der Waals surface area contributed by atoms with Gasteiger partial charge in [-0.15, -0.1) is 6.58 Å². The second-order valence-electron chi connectivity index (χ2n) is 11.1. The van der Waals surface area contributed by atoms with Crippen molar-refractivity contribution in [2.24, 2.45) is 17.8 Å². The van der Waals surface area contributed by atoms with E-state index in [0.29, 0.717) is 0 Å². The van der Waals surface area contributed by atoms with Gasteiger partial charge in [0, 0.05) is 6.61 Å². The third-order valence-electron chi connectivity index (χ3n) is 7.41. The Labute approximate surface area is 177 Å². The highest BCUT2D eigenvalue weighted by atomic mass is 28.3. The summed E-state index contributed by atoms with van der Waals surface area (Å²) in [5, 5.41) is 0. The highest BCUT2D eigenvalue weighted by Crippen LogP contribution is 2.56. The van der Waals surface area contributed by atoms with Gasteiger partial charge in [0.15, 0.2) is 0 Å². The zero-order chi connectivity index (χ0) is 20.6. The first-order valence-corrected chi connectivity index (χ1v) is 15.3. The molecule has 164 valence electrons. The van der Waals surface area contributed by atoms with Crippen LogP contribution < -0.4 is 4.98 Å². The predicted octanol–water partition coefficient (Wildman–Crippen LogP) is 7.32. The summed E-state index contributed by atoms with van der Waals surface area (Å²) in [5.74, 6) is 3.07. The van der Waals surface area contributed by atoms with Crippen molar-refractivity contribution in [2.75, 3.05) is 13.2 Å². The molecule has 3 heteroatoms. The van der Waals surface area contributed by atoms with Crippen LogP contribution in [0.2, 0.25) is 18.6 Å². The third-order valence-corrected chi connectivity index (χ3v) is 11.1. The topological polar surface area (TPSA) is 21.3 Å². The minimum absolute atomic E-state index is 0.0191. The Morgan fingerprint density at radius 2 is 1.71 bits per heavy atom. The molecule has 4 atom stereocenters. The van der Waals surface area contributed by atoms with Gasteiger partial charge >= 0.3 is 0 Å². The van der Waals surface area contributed by atoms with Crippen LogP contribution in [0.5, 0.6) is 0 Å². The standard InChI is InChI=1S/C25H49NOSi/c1-7-8-18-26-28(5,6)24-20-21(22-16-12-13-17-23(22)24)15-11-9-10-14-19-27-25(2,3)4/h7,21-24,26H,1,8-20H2,2-6H3. The maximum Gasteiger partial charge on any atom is 0.122 e. The molecule has 2 aliphatic carbocycles. The summed E-state index contributed by atoms with van der Waals surface area (Å²) < 4.78 is 5.86. The summed E-state index contributed by atoms with van der Waals surface area (Å²) in [6, 6.07) is 0. The van der Waals surface area contributed by atoms with E-state index >= 15 is 0 Å². The lowest BCUT2D eigenvalue weighted by molar-refractivity contribution is -0.00477. The fraction of sp³-hybridized carbons (Fsp3) is 0.920. The number of nitrogens with one attached hydrogen (secondary N) is 1. The normalized spacial score (nSPS) is 28.3. The van der Waals surface area contributed by atoms with Crippen LogP contribution in [0.25, 0.3) is 0 Å². The molecule has 0 spiro atoms. The van der Waals surface area contributed by atoms with Crippen molar-refractivity contribution in [1.29, 1.82) is 0 Å². The van der Waals surface area contributed by atoms with Crippen molar-refractivity contribution < 1.29 is 4.74 Å². The molecule has 0 aromatic carbocycles. The van der Waals surface area contributed by atoms with Gasteiger partial charge in [0.2, 0.25) is 0 Å². The highest BCUT2D eigenvalue weighted by Gasteiger charge is 2.49. The molecule has 2 fully saturated rings. The molecule has 0 aliphatic heterocycles. The molecule has 0 aromatic rings. The number of hydrogen-bond acceptors (Lipinski definition) is 2. The van der Waals surface area contributed by atoms with E-state index in [9.17, 15) is 0 Å². The number of ether oxygens (including phenoxy) is 1. The molecule has 0 saturated heterocycles. The molecule has 0 aromatic heterocycles. The van der Waals surface area contributed by atoms with Gasteiger partial charge in [-0.1, -0.05) is 64.1 Å². The van der Waals surface area contributed by atoms with Crippen molar-refractivity contribution >= 4 is 8.24 Å². The Hall–Kier alpha value is -0.123. The molecule has 0 heterocycles. The summed E-state index contributed by atoms with van der Waals surface area (Å²) in [6.07, 6.45) is 17.6. The number of unbranched alkanes of at least 4 members (excludes halogenated alkanes) is 3. The Bertz CT molecular complexity index is 456. The lowest BCUT2D eigenvalue weighted by atomic mass is 9.76. The van der Waals surface area contributed by atoms with Gasteiger partial charge in [-0.05, 0) is 76.3 Å². The fourth-order valence-corrected chi connectivity index (χ4v) is 9.41. The van der Waals surface area contributed by atoms with Crippen LogP contribution in [-0.4, -0.2) is 27.0 Å². The van der Waals surface area contributed by atoms with Crippen molar-refractivity contribution in [3.63, 3.8) is 0 Å². The maximum atomic E-state index is 5.86. The lowest BCUT2D eigenvalue weighted by Gasteiger charge is -2.38. The molecule has 4 unspecified atom stereocenters. The van der Waals surface area contributed by atoms with Gasteiger partial charge < -0.3 is 9.72 Å². The van der Waals surface area contributed by atoms with E-state index in [1.54, 1.807) is 0 Å². The minimum atomic E-state index is -1.35. The van der Waals surface area contributed by atoms with Gasteiger partial charge in [-0.25, -0.2) is 0 Å². The smallest absolute Gasteiger partial charge is 0.122 e. The van der Waals surface area contributed by atoms with Crippen LogP contribution in [0.3, 0.4) is 0 Å². The Morgan fingerprint density at radius 3 is 2.39 bits per heavy atom. The first-order valence-electron chi connectivity index (χ1n) is 12.2. The molecular weight excluding hydrogens is 358 g/mol. The van der Waals surface area contributed by atoms with E-state index in [0.717, 1.165) is 42.9 Å². The third kappa shape index (κ3) is 7.61. The summed E-state index contributed by atoms with van der Waals surface area (Å²) in [4.78, 5) is 4.01. The Balaban J connectivity index is 1.77. The van der Waals surface area contributed by atoms with E-state index in [4.69, 9.17) is 4.74 Å². The second-order valence-corrected chi connectivity index (χ2v) is 15.6. The average molecular weight is 408 g/mol. The first-order chi connectivity index (χ1) is 13.2. The quantitative estimate of drug-likeness (QED) is 0.208.